The summed E-state index contributed by atoms with van der Waals surface area (Å²) >= 11 is 0. The maximum Gasteiger partial charge on any atom is 0.142 e. The van der Waals surface area contributed by atoms with E-state index in [-0.39, 0.29) is 30.3 Å². The highest BCUT2D eigenvalue weighted by atomic mass is 35.5. The molecule has 0 atom stereocenters. The van der Waals surface area contributed by atoms with Crippen LogP contribution in [0.15, 0.2) is 85.5 Å². The zero-order chi connectivity index (χ0) is 34.8. The van der Waals surface area contributed by atoms with Gasteiger partial charge in [0.05, 0.1) is 96.9 Å². The lowest BCUT2D eigenvalue weighted by Gasteiger charge is -2.15. The molecule has 0 fully saturated rings. The number of aromatic amines is 2. The Labute approximate surface area is 317 Å². The molecular weight excluding hydrogens is 719 g/mol. The number of methoxy groups -OCH3 is 4. The van der Waals surface area contributed by atoms with Crippen molar-refractivity contribution in [3.63, 3.8) is 0 Å². The zero-order valence-electron chi connectivity index (χ0n) is 29.8. The van der Waals surface area contributed by atoms with E-state index in [2.05, 4.69) is 40.5 Å². The number of imidazole rings is 2. The molecule has 0 unspecified atom stereocenters. The quantitative estimate of drug-likeness (QED) is 0.118. The van der Waals surface area contributed by atoms with E-state index in [9.17, 15) is 0 Å². The molecule has 8 rings (SSSR count). The van der Waals surface area contributed by atoms with E-state index in [4.69, 9.17) is 18.9 Å². The molecule has 0 aliphatic heterocycles. The van der Waals surface area contributed by atoms with Gasteiger partial charge in [0, 0.05) is 34.3 Å². The van der Waals surface area contributed by atoms with Gasteiger partial charge in [-0.1, -0.05) is 0 Å². The third-order valence-electron chi connectivity index (χ3n) is 8.34. The molecule has 0 radical (unpaired) electrons. The Bertz CT molecular complexity index is 2330. The lowest BCUT2D eigenvalue weighted by Crippen LogP contribution is -1.98. The lowest BCUT2D eigenvalue weighted by atomic mass is 10.1. The molecule has 0 amide bonds. The van der Waals surface area contributed by atoms with Crippen LogP contribution >= 0.6 is 24.8 Å². The van der Waals surface area contributed by atoms with Crippen molar-refractivity contribution in [2.45, 2.75) is 13.8 Å². The first-order valence-corrected chi connectivity index (χ1v) is 15.8. The van der Waals surface area contributed by atoms with Gasteiger partial charge >= 0.3 is 0 Å². The summed E-state index contributed by atoms with van der Waals surface area (Å²) < 4.78 is 21.6. The van der Waals surface area contributed by atoms with Crippen LogP contribution < -0.4 is 29.6 Å². The summed E-state index contributed by atoms with van der Waals surface area (Å²) in [5.41, 5.74) is 10.9. The van der Waals surface area contributed by atoms with Gasteiger partial charge in [-0.3, -0.25) is 9.97 Å². The number of hydrogen-bond donors (Lipinski definition) is 4. The van der Waals surface area contributed by atoms with Crippen molar-refractivity contribution in [1.29, 1.82) is 0 Å². The van der Waals surface area contributed by atoms with Gasteiger partial charge < -0.3 is 45.0 Å². The molecule has 0 aliphatic rings. The van der Waals surface area contributed by atoms with Crippen molar-refractivity contribution in [2.75, 3.05) is 39.1 Å². The molecule has 4 aromatic heterocycles. The van der Waals surface area contributed by atoms with Crippen molar-refractivity contribution in [3.8, 4) is 23.0 Å². The van der Waals surface area contributed by atoms with E-state index in [0.717, 1.165) is 101 Å². The van der Waals surface area contributed by atoms with Crippen LogP contribution in [-0.2, 0) is 0 Å². The number of hydrogen-bond acceptors (Lipinski definition) is 10. The molecule has 6 N–H and O–H groups in total. The molecular formula is C38H40Cl2N8O5. The predicted molar refractivity (Wildman–Crippen MR) is 216 cm³/mol. The first-order chi connectivity index (χ1) is 24.4. The number of anilines is 4. The summed E-state index contributed by atoms with van der Waals surface area (Å²) in [7, 11) is 6.59. The summed E-state index contributed by atoms with van der Waals surface area (Å²) in [5, 5.41) is 8.92. The topological polar surface area (TPSA) is 176 Å². The first kappa shape index (κ1) is 39.8. The number of fused-ring (bicyclic) bond motifs is 6. The summed E-state index contributed by atoms with van der Waals surface area (Å²) in [6.07, 6.45) is 3.39. The van der Waals surface area contributed by atoms with E-state index in [1.165, 1.54) is 0 Å². The number of pyridine rings is 2. The van der Waals surface area contributed by atoms with Crippen LogP contribution in [-0.4, -0.2) is 63.8 Å². The van der Waals surface area contributed by atoms with Gasteiger partial charge in [-0.25, -0.2) is 9.97 Å². The van der Waals surface area contributed by atoms with Gasteiger partial charge in [-0.2, -0.15) is 0 Å². The maximum absolute atomic E-state index is 5.48. The minimum Gasteiger partial charge on any atom is -0.497 e. The number of rotatable bonds is 8. The molecule has 276 valence electrons. The summed E-state index contributed by atoms with van der Waals surface area (Å²) in [6, 6.07) is 23.3. The third-order valence-corrected chi connectivity index (χ3v) is 8.34. The lowest BCUT2D eigenvalue weighted by molar-refractivity contribution is 0.405. The Kier molecular flexibility index (Phi) is 12.8. The van der Waals surface area contributed by atoms with Crippen molar-refractivity contribution in [2.24, 2.45) is 0 Å². The predicted octanol–water partition coefficient (Wildman–Crippen LogP) is 8.38. The second kappa shape index (κ2) is 17.0. The SMILES string of the molecule is COc1ccc(OC)c(Nc2cc(C)nc3ccc4nc[nH]c4c23)c1.COc1ccc(OC)c(Nc2cc(C)nc3ccc4nc[nH]c4c23)c1.Cl.Cl.O. The molecule has 4 aromatic carbocycles. The largest absolute Gasteiger partial charge is 0.497 e. The fraction of sp³-hybridized carbons (Fsp3) is 0.158. The summed E-state index contributed by atoms with van der Waals surface area (Å²) in [6.45, 7) is 3.95. The Morgan fingerprint density at radius 3 is 1.26 bits per heavy atom. The van der Waals surface area contributed by atoms with Crippen LogP contribution in [0.4, 0.5) is 22.7 Å². The van der Waals surface area contributed by atoms with Crippen LogP contribution in [0.3, 0.4) is 0 Å². The Hall–Kier alpha value is -6.02. The molecule has 0 saturated carbocycles. The van der Waals surface area contributed by atoms with E-state index in [1.54, 1.807) is 41.1 Å². The molecule has 8 aromatic rings. The normalized spacial score (nSPS) is 10.4. The van der Waals surface area contributed by atoms with Gasteiger partial charge in [-0.15, -0.1) is 24.8 Å². The Morgan fingerprint density at radius 2 is 0.887 bits per heavy atom. The molecule has 4 heterocycles. The molecule has 53 heavy (non-hydrogen) atoms. The monoisotopic (exact) mass is 758 g/mol. The van der Waals surface area contributed by atoms with Gasteiger partial charge in [-0.05, 0) is 74.5 Å². The second-order valence-corrected chi connectivity index (χ2v) is 11.5. The molecule has 0 spiro atoms. The smallest absolute Gasteiger partial charge is 0.142 e. The Balaban J connectivity index is 0.000000224. The minimum atomic E-state index is 0. The number of nitrogens with zero attached hydrogens (tertiary/aromatic N) is 4. The van der Waals surface area contributed by atoms with Crippen LogP contribution in [0.5, 0.6) is 23.0 Å². The van der Waals surface area contributed by atoms with Gasteiger partial charge in [0.25, 0.3) is 0 Å². The van der Waals surface area contributed by atoms with Gasteiger partial charge in [0.2, 0.25) is 0 Å². The number of H-pyrrole nitrogens is 2. The highest BCUT2D eigenvalue weighted by Gasteiger charge is 2.14. The van der Waals surface area contributed by atoms with Crippen molar-refractivity contribution in [3.05, 3.63) is 96.8 Å². The average Bonchev–Trinajstić information content (AvgIpc) is 3.81. The van der Waals surface area contributed by atoms with Crippen LogP contribution in [0.2, 0.25) is 0 Å². The summed E-state index contributed by atoms with van der Waals surface area (Å²) in [4.78, 5) is 24.4. The number of nitrogens with one attached hydrogen (secondary N) is 4. The Morgan fingerprint density at radius 1 is 0.491 bits per heavy atom. The van der Waals surface area contributed by atoms with Crippen molar-refractivity contribution >= 4 is 91.4 Å². The highest BCUT2D eigenvalue weighted by Crippen LogP contribution is 2.38. The third kappa shape index (κ3) is 7.92. The number of ether oxygens (including phenoxy) is 4. The average molecular weight is 760 g/mol. The fourth-order valence-electron chi connectivity index (χ4n) is 6.05. The standard InChI is InChI=1S/2C19H18N4O2.2ClH.H2O/c2*1-11-8-16(23-15-9-12(24-2)4-7-17(15)25-3)18-13(22-11)5-6-14-19(18)21-10-20-14;;;/h2*4-10H,1-3H3,(H,20,21)(H,22,23);2*1H;1H2. The number of benzene rings is 4. The molecule has 0 bridgehead atoms. The molecule has 13 nitrogen and oxygen atoms in total. The van der Waals surface area contributed by atoms with Gasteiger partial charge in [0.15, 0.2) is 0 Å². The van der Waals surface area contributed by atoms with E-state index in [1.807, 2.05) is 86.6 Å². The number of aryl methyl sites for hydroxylation is 2. The minimum absolute atomic E-state index is 0. The molecule has 0 saturated heterocycles. The molecule has 15 heteroatoms. The van der Waals surface area contributed by atoms with Crippen LogP contribution in [0, 0.1) is 13.8 Å². The number of halogens is 2. The van der Waals surface area contributed by atoms with Crippen LogP contribution in [0.25, 0.3) is 43.9 Å². The highest BCUT2D eigenvalue weighted by molar-refractivity contribution is 6.11. The fourth-order valence-corrected chi connectivity index (χ4v) is 6.05. The summed E-state index contributed by atoms with van der Waals surface area (Å²) in [5.74, 6) is 2.98. The van der Waals surface area contributed by atoms with E-state index >= 15 is 0 Å². The van der Waals surface area contributed by atoms with E-state index in [0.29, 0.717) is 0 Å². The zero-order valence-corrected chi connectivity index (χ0v) is 31.5. The second-order valence-electron chi connectivity index (χ2n) is 11.5. The van der Waals surface area contributed by atoms with Crippen molar-refractivity contribution in [1.82, 2.24) is 29.9 Å². The number of aromatic nitrogens is 6. The van der Waals surface area contributed by atoms with Crippen LogP contribution in [0.1, 0.15) is 11.4 Å². The van der Waals surface area contributed by atoms with E-state index < -0.39 is 0 Å². The van der Waals surface area contributed by atoms with Crippen molar-refractivity contribution < 1.29 is 24.4 Å². The van der Waals surface area contributed by atoms with Gasteiger partial charge in [0.1, 0.15) is 23.0 Å². The first-order valence-electron chi connectivity index (χ1n) is 15.8. The molecule has 0 aliphatic carbocycles. The maximum atomic E-state index is 5.48.